The number of amides is 1. The van der Waals surface area contributed by atoms with Gasteiger partial charge in [-0.1, -0.05) is 13.0 Å². The minimum absolute atomic E-state index is 0.0332. The zero-order valence-corrected chi connectivity index (χ0v) is 23.7. The third-order valence-corrected chi connectivity index (χ3v) is 9.06. The number of aromatic nitrogens is 4. The van der Waals surface area contributed by atoms with E-state index in [9.17, 15) is 13.2 Å². The maximum Gasteiger partial charge on any atom is 0.264 e. The van der Waals surface area contributed by atoms with Crippen molar-refractivity contribution in [1.82, 2.24) is 24.5 Å². The Hall–Kier alpha value is -2.96. The molecule has 2 aromatic heterocycles. The van der Waals surface area contributed by atoms with Crippen molar-refractivity contribution >= 4 is 21.8 Å². The van der Waals surface area contributed by atoms with Crippen LogP contribution in [0.1, 0.15) is 55.5 Å². The molecule has 0 N–H and O–H groups in total. The highest BCUT2D eigenvalue weighted by Gasteiger charge is 2.40. The average molecular weight is 557 g/mol. The van der Waals surface area contributed by atoms with Crippen LogP contribution < -0.4 is 4.90 Å². The first kappa shape index (κ1) is 26.3. The number of ether oxygens (including phenoxy) is 1. The molecule has 0 bridgehead atoms. The van der Waals surface area contributed by atoms with Gasteiger partial charge in [0.1, 0.15) is 0 Å². The standard InChI is InChI=1S/C27H36N6O5S/c1-17-22(19-12-28-30(3)13-19)5-6-25-23(17)11-21(38-39(4,35)36)14-32(25)27-24-15-31(18(2)34)9-7-26(24)33(29-27)20-8-10-37-16-20/h5-6,12-13,17,20-22H,7-11,14-16H2,1-4H3/t17?,20-,21?,22?/m0/s1. The zero-order valence-electron chi connectivity index (χ0n) is 22.9. The van der Waals surface area contributed by atoms with Crippen LogP contribution in [-0.2, 0) is 43.8 Å². The first-order valence-corrected chi connectivity index (χ1v) is 15.4. The van der Waals surface area contributed by atoms with E-state index in [0.29, 0.717) is 39.3 Å². The van der Waals surface area contributed by atoms with Crippen LogP contribution in [0, 0.1) is 5.92 Å². The molecule has 0 aromatic carbocycles. The van der Waals surface area contributed by atoms with Gasteiger partial charge in [-0.25, -0.2) is 0 Å². The van der Waals surface area contributed by atoms with E-state index in [0.717, 1.165) is 53.0 Å². The minimum Gasteiger partial charge on any atom is -0.379 e. The Labute approximate surface area is 229 Å². The summed E-state index contributed by atoms with van der Waals surface area (Å²) in [6.45, 7) is 6.57. The molecule has 3 unspecified atom stereocenters. The van der Waals surface area contributed by atoms with Crippen molar-refractivity contribution < 1.29 is 22.1 Å². The third kappa shape index (κ3) is 4.93. The van der Waals surface area contributed by atoms with Gasteiger partial charge in [0.25, 0.3) is 10.1 Å². The summed E-state index contributed by atoms with van der Waals surface area (Å²) in [4.78, 5) is 16.3. The van der Waals surface area contributed by atoms with E-state index in [2.05, 4.69) is 33.8 Å². The van der Waals surface area contributed by atoms with Crippen molar-refractivity contribution in [3.63, 3.8) is 0 Å². The van der Waals surface area contributed by atoms with Gasteiger partial charge < -0.3 is 14.5 Å². The van der Waals surface area contributed by atoms with Gasteiger partial charge in [0.05, 0.1) is 44.3 Å². The van der Waals surface area contributed by atoms with Crippen LogP contribution >= 0.6 is 0 Å². The average Bonchev–Trinajstić information content (AvgIpc) is 3.63. The monoisotopic (exact) mass is 556 g/mol. The highest BCUT2D eigenvalue weighted by molar-refractivity contribution is 7.86. The van der Waals surface area contributed by atoms with E-state index in [1.54, 1.807) is 11.6 Å². The lowest BCUT2D eigenvalue weighted by Gasteiger charge is -2.41. The molecule has 5 heterocycles. The molecule has 1 aliphatic carbocycles. The number of hydrogen-bond acceptors (Lipinski definition) is 8. The summed E-state index contributed by atoms with van der Waals surface area (Å²) in [7, 11) is -1.76. The van der Waals surface area contributed by atoms with Crippen molar-refractivity contribution in [2.45, 2.75) is 57.7 Å². The van der Waals surface area contributed by atoms with Crippen LogP contribution in [0.15, 0.2) is 35.8 Å². The highest BCUT2D eigenvalue weighted by atomic mass is 32.2. The van der Waals surface area contributed by atoms with E-state index in [-0.39, 0.29) is 23.8 Å². The first-order valence-electron chi connectivity index (χ1n) is 13.6. The largest absolute Gasteiger partial charge is 0.379 e. The Balaban J connectivity index is 1.45. The Morgan fingerprint density at radius 1 is 1.28 bits per heavy atom. The molecule has 11 nitrogen and oxygen atoms in total. The number of hydrogen-bond donors (Lipinski definition) is 0. The minimum atomic E-state index is -3.67. The number of allylic oxidation sites excluding steroid dienone is 2. The predicted octanol–water partition coefficient (Wildman–Crippen LogP) is 2.28. The lowest BCUT2D eigenvalue weighted by molar-refractivity contribution is -0.129. The fourth-order valence-electron chi connectivity index (χ4n) is 6.54. The Morgan fingerprint density at radius 2 is 2.10 bits per heavy atom. The van der Waals surface area contributed by atoms with Gasteiger partial charge in [0.2, 0.25) is 5.91 Å². The quantitative estimate of drug-likeness (QED) is 0.516. The topological polar surface area (TPSA) is 112 Å². The Morgan fingerprint density at radius 3 is 2.77 bits per heavy atom. The predicted molar refractivity (Wildman–Crippen MR) is 144 cm³/mol. The second-order valence-electron chi connectivity index (χ2n) is 11.2. The summed E-state index contributed by atoms with van der Waals surface area (Å²) in [5.41, 5.74) is 5.44. The third-order valence-electron chi connectivity index (χ3n) is 8.44. The van der Waals surface area contributed by atoms with Crippen molar-refractivity contribution in [3.8, 4) is 0 Å². The molecule has 4 atom stereocenters. The molecular weight excluding hydrogens is 520 g/mol. The van der Waals surface area contributed by atoms with E-state index >= 15 is 0 Å². The molecule has 0 spiro atoms. The summed E-state index contributed by atoms with van der Waals surface area (Å²) in [6, 6.07) is 0.147. The van der Waals surface area contributed by atoms with Gasteiger partial charge in [-0.2, -0.15) is 18.6 Å². The van der Waals surface area contributed by atoms with Gasteiger partial charge in [0.15, 0.2) is 5.82 Å². The second-order valence-corrected chi connectivity index (χ2v) is 12.8. The van der Waals surface area contributed by atoms with E-state index in [1.807, 2.05) is 24.3 Å². The van der Waals surface area contributed by atoms with Gasteiger partial charge in [-0.05, 0) is 29.6 Å². The summed E-state index contributed by atoms with van der Waals surface area (Å²) in [5, 5.41) is 9.52. The molecule has 210 valence electrons. The second kappa shape index (κ2) is 9.90. The molecule has 6 rings (SSSR count). The van der Waals surface area contributed by atoms with Crippen LogP contribution in [0.25, 0.3) is 0 Å². The van der Waals surface area contributed by atoms with E-state index < -0.39 is 16.2 Å². The molecule has 1 fully saturated rings. The Kier molecular flexibility index (Phi) is 6.67. The molecule has 0 saturated carbocycles. The summed E-state index contributed by atoms with van der Waals surface area (Å²) in [5.74, 6) is 1.03. The number of carbonyl (C=O) groups excluding carboxylic acids is 1. The lowest BCUT2D eigenvalue weighted by atomic mass is 9.76. The van der Waals surface area contributed by atoms with Crippen LogP contribution in [0.2, 0.25) is 0 Å². The lowest BCUT2D eigenvalue weighted by Crippen LogP contribution is -2.43. The fourth-order valence-corrected chi connectivity index (χ4v) is 7.16. The molecule has 1 saturated heterocycles. The molecule has 39 heavy (non-hydrogen) atoms. The smallest absolute Gasteiger partial charge is 0.264 e. The van der Waals surface area contributed by atoms with E-state index in [1.165, 1.54) is 0 Å². The molecule has 2 aromatic rings. The fraction of sp³-hybridized carbons (Fsp3) is 0.593. The molecule has 3 aliphatic heterocycles. The normalized spacial score (nSPS) is 27.2. The zero-order chi connectivity index (χ0) is 27.5. The number of nitrogens with zero attached hydrogens (tertiary/aromatic N) is 6. The summed E-state index contributed by atoms with van der Waals surface area (Å²) >= 11 is 0. The first-order chi connectivity index (χ1) is 18.6. The number of fused-ring (bicyclic) bond motifs is 1. The van der Waals surface area contributed by atoms with Gasteiger partial charge in [-0.3, -0.25) is 18.3 Å². The molecule has 12 heteroatoms. The summed E-state index contributed by atoms with van der Waals surface area (Å²) < 4.78 is 39.7. The number of rotatable bonds is 5. The van der Waals surface area contributed by atoms with Crippen molar-refractivity contribution in [2.24, 2.45) is 13.0 Å². The SMILES string of the molecule is CC(=O)N1CCc2c(c(N3CC(OS(C)(=O)=O)CC4=C3C=CC(c3cnn(C)c3)C4C)nn2[C@H]2CCOC2)C1. The van der Waals surface area contributed by atoms with Gasteiger partial charge in [0, 0.05) is 69.0 Å². The van der Waals surface area contributed by atoms with Crippen LogP contribution in [0.4, 0.5) is 5.82 Å². The summed E-state index contributed by atoms with van der Waals surface area (Å²) in [6.07, 6.45) is 10.9. The molecular formula is C27H36N6O5S. The van der Waals surface area contributed by atoms with Crippen molar-refractivity contribution in [2.75, 3.05) is 37.5 Å². The molecule has 4 aliphatic rings. The number of aryl methyl sites for hydroxylation is 1. The van der Waals surface area contributed by atoms with Gasteiger partial charge in [-0.15, -0.1) is 0 Å². The van der Waals surface area contributed by atoms with Crippen molar-refractivity contribution in [1.29, 1.82) is 0 Å². The van der Waals surface area contributed by atoms with E-state index in [4.69, 9.17) is 14.0 Å². The van der Waals surface area contributed by atoms with Crippen molar-refractivity contribution in [3.05, 3.63) is 52.6 Å². The van der Waals surface area contributed by atoms with Crippen LogP contribution in [0.5, 0.6) is 0 Å². The highest BCUT2D eigenvalue weighted by Crippen LogP contribution is 2.45. The van der Waals surface area contributed by atoms with Crippen LogP contribution in [0.3, 0.4) is 0 Å². The van der Waals surface area contributed by atoms with Gasteiger partial charge >= 0.3 is 0 Å². The maximum absolute atomic E-state index is 12.4. The molecule has 1 amide bonds. The van der Waals surface area contributed by atoms with Crippen LogP contribution in [-0.4, -0.2) is 77.4 Å². The molecule has 0 radical (unpaired) electrons. The number of anilines is 1. The Bertz CT molecular complexity index is 1450. The maximum atomic E-state index is 12.4. The number of carbonyl (C=O) groups is 1.